The summed E-state index contributed by atoms with van der Waals surface area (Å²) in [4.78, 5) is 2.62. The van der Waals surface area contributed by atoms with Crippen LogP contribution in [0.4, 0.5) is 0 Å². The van der Waals surface area contributed by atoms with Gasteiger partial charge in [-0.2, -0.15) is 0 Å². The van der Waals surface area contributed by atoms with Crippen molar-refractivity contribution in [2.75, 3.05) is 0 Å². The Labute approximate surface area is 134 Å². The Morgan fingerprint density at radius 1 is 1.26 bits per heavy atom. The summed E-state index contributed by atoms with van der Waals surface area (Å²) in [6, 6.07) is 10.6. The summed E-state index contributed by atoms with van der Waals surface area (Å²) >= 11 is 13.8. The molecule has 0 bridgehead atoms. The lowest BCUT2D eigenvalue weighted by Gasteiger charge is -2.06. The molecule has 0 N–H and O–H groups in total. The van der Waals surface area contributed by atoms with Gasteiger partial charge in [-0.1, -0.05) is 19.1 Å². The van der Waals surface area contributed by atoms with Crippen molar-refractivity contribution in [3.05, 3.63) is 55.5 Å². The predicted octanol–water partition coefficient (Wildman–Crippen LogP) is 6.62. The second-order valence-corrected chi connectivity index (χ2v) is 7.70. The Morgan fingerprint density at radius 2 is 2.11 bits per heavy atom. The third kappa shape index (κ3) is 2.49. The van der Waals surface area contributed by atoms with Crippen molar-refractivity contribution < 1.29 is 0 Å². The fraction of sp³-hybridized carbons (Fsp3) is 0.200. The summed E-state index contributed by atoms with van der Waals surface area (Å²) in [5, 5.41) is 3.39. The highest BCUT2D eigenvalue weighted by atomic mass is 79.9. The summed E-state index contributed by atoms with van der Waals surface area (Å²) in [5.74, 6) is 0. The molecular formula is C15H12BrClS2. The molecule has 98 valence electrons. The monoisotopic (exact) mass is 370 g/mol. The maximum atomic E-state index is 6.68. The molecule has 4 heteroatoms. The summed E-state index contributed by atoms with van der Waals surface area (Å²) < 4.78 is 2.42. The minimum atomic E-state index is -0.0478. The molecule has 19 heavy (non-hydrogen) atoms. The van der Waals surface area contributed by atoms with E-state index in [1.54, 1.807) is 11.3 Å². The lowest BCUT2D eigenvalue weighted by molar-refractivity contribution is 1.19. The molecule has 0 saturated heterocycles. The molecule has 0 aliphatic heterocycles. The van der Waals surface area contributed by atoms with Crippen molar-refractivity contribution in [2.24, 2.45) is 0 Å². The maximum absolute atomic E-state index is 6.68. The Morgan fingerprint density at radius 3 is 2.84 bits per heavy atom. The Balaban J connectivity index is 2.06. The van der Waals surface area contributed by atoms with Crippen LogP contribution in [0.5, 0.6) is 0 Å². The molecule has 0 radical (unpaired) electrons. The number of hydrogen-bond donors (Lipinski definition) is 0. The SMILES string of the molecule is CCc1ccc(C(Cl)c2csc3c(Br)cccc23)s1. The van der Waals surface area contributed by atoms with Crippen molar-refractivity contribution in [1.82, 2.24) is 0 Å². The number of aryl methyl sites for hydroxylation is 1. The van der Waals surface area contributed by atoms with E-state index in [9.17, 15) is 0 Å². The summed E-state index contributed by atoms with van der Waals surface area (Å²) in [6.45, 7) is 2.18. The second-order valence-electron chi connectivity index (χ2n) is 4.33. The normalized spacial score (nSPS) is 13.0. The average Bonchev–Trinajstić information content (AvgIpc) is 3.05. The van der Waals surface area contributed by atoms with Gasteiger partial charge in [-0.25, -0.2) is 0 Å². The first kappa shape index (κ1) is 13.6. The molecule has 1 atom stereocenters. The highest BCUT2D eigenvalue weighted by Gasteiger charge is 2.18. The van der Waals surface area contributed by atoms with Gasteiger partial charge in [0.05, 0.1) is 5.38 Å². The zero-order chi connectivity index (χ0) is 13.4. The van der Waals surface area contributed by atoms with Crippen LogP contribution < -0.4 is 0 Å². The molecule has 0 amide bonds. The Kier molecular flexibility index (Phi) is 3.99. The van der Waals surface area contributed by atoms with Crippen LogP contribution >= 0.6 is 50.2 Å². The van der Waals surface area contributed by atoms with Gasteiger partial charge in [0.15, 0.2) is 0 Å². The van der Waals surface area contributed by atoms with Crippen LogP contribution in [0.25, 0.3) is 10.1 Å². The van der Waals surface area contributed by atoms with Gasteiger partial charge < -0.3 is 0 Å². The number of rotatable bonds is 3. The fourth-order valence-corrected chi connectivity index (χ4v) is 5.17. The molecule has 3 aromatic rings. The van der Waals surface area contributed by atoms with Crippen molar-refractivity contribution in [3.63, 3.8) is 0 Å². The number of hydrogen-bond acceptors (Lipinski definition) is 2. The molecule has 2 heterocycles. The highest BCUT2D eigenvalue weighted by Crippen LogP contribution is 2.41. The van der Waals surface area contributed by atoms with Crippen LogP contribution in [0.1, 0.15) is 27.6 Å². The predicted molar refractivity (Wildman–Crippen MR) is 90.9 cm³/mol. The third-order valence-electron chi connectivity index (χ3n) is 3.14. The second kappa shape index (κ2) is 5.57. The van der Waals surface area contributed by atoms with Crippen LogP contribution in [-0.2, 0) is 6.42 Å². The molecule has 0 aliphatic carbocycles. The van der Waals surface area contributed by atoms with E-state index in [4.69, 9.17) is 11.6 Å². The topological polar surface area (TPSA) is 0 Å². The number of alkyl halides is 1. The van der Waals surface area contributed by atoms with Gasteiger partial charge in [0.2, 0.25) is 0 Å². The van der Waals surface area contributed by atoms with Crippen molar-refractivity contribution in [2.45, 2.75) is 18.7 Å². The lowest BCUT2D eigenvalue weighted by Crippen LogP contribution is -1.87. The van der Waals surface area contributed by atoms with Crippen LogP contribution in [0.2, 0.25) is 0 Å². The van der Waals surface area contributed by atoms with Gasteiger partial charge in [0.1, 0.15) is 0 Å². The molecule has 0 nitrogen and oxygen atoms in total. The van der Waals surface area contributed by atoms with E-state index in [0.29, 0.717) is 0 Å². The number of fused-ring (bicyclic) bond motifs is 1. The highest BCUT2D eigenvalue weighted by molar-refractivity contribution is 9.10. The van der Waals surface area contributed by atoms with Crippen LogP contribution in [-0.4, -0.2) is 0 Å². The van der Waals surface area contributed by atoms with E-state index in [-0.39, 0.29) is 5.38 Å². The average molecular weight is 372 g/mol. The van der Waals surface area contributed by atoms with Gasteiger partial charge in [-0.05, 0) is 56.9 Å². The molecule has 1 aromatic carbocycles. The molecule has 0 aliphatic rings. The van der Waals surface area contributed by atoms with Crippen LogP contribution in [0, 0.1) is 0 Å². The van der Waals surface area contributed by atoms with Crippen LogP contribution in [0.3, 0.4) is 0 Å². The van der Waals surface area contributed by atoms with Gasteiger partial charge in [-0.15, -0.1) is 34.3 Å². The van der Waals surface area contributed by atoms with Crippen molar-refractivity contribution in [1.29, 1.82) is 0 Å². The molecule has 3 rings (SSSR count). The maximum Gasteiger partial charge on any atom is 0.0941 e. The quantitative estimate of drug-likeness (QED) is 0.454. The minimum absolute atomic E-state index is 0.0478. The standard InChI is InChI=1S/C15H12BrClS2/c1-2-9-6-7-13(19-9)14(17)11-8-18-15-10(11)4-3-5-12(15)16/h3-8,14H,2H2,1H3. The number of thiophene rings is 2. The molecule has 2 aromatic heterocycles. The third-order valence-corrected chi connectivity index (χ3v) is 7.00. The van der Waals surface area contributed by atoms with Gasteiger partial charge in [0, 0.05) is 18.9 Å². The molecular weight excluding hydrogens is 360 g/mol. The van der Waals surface area contributed by atoms with Gasteiger partial charge >= 0.3 is 0 Å². The molecule has 0 saturated carbocycles. The Bertz CT molecular complexity index is 714. The van der Waals surface area contributed by atoms with E-state index < -0.39 is 0 Å². The summed E-state index contributed by atoms with van der Waals surface area (Å²) in [5.41, 5.74) is 1.22. The van der Waals surface area contributed by atoms with Gasteiger partial charge in [-0.3, -0.25) is 0 Å². The lowest BCUT2D eigenvalue weighted by atomic mass is 10.1. The first-order valence-corrected chi connectivity index (χ1v) is 9.01. The number of benzene rings is 1. The first-order chi connectivity index (χ1) is 9.20. The Hall–Kier alpha value is -0.350. The smallest absolute Gasteiger partial charge is 0.0941 e. The molecule has 1 unspecified atom stereocenters. The van der Waals surface area contributed by atoms with E-state index in [2.05, 4.69) is 58.6 Å². The molecule has 0 spiro atoms. The van der Waals surface area contributed by atoms with E-state index in [0.717, 1.165) is 10.9 Å². The van der Waals surface area contributed by atoms with Crippen LogP contribution in [0.15, 0.2) is 40.2 Å². The summed E-state index contributed by atoms with van der Waals surface area (Å²) in [6.07, 6.45) is 1.07. The van der Waals surface area contributed by atoms with E-state index in [1.165, 1.54) is 25.4 Å². The zero-order valence-corrected chi connectivity index (χ0v) is 14.3. The largest absolute Gasteiger partial charge is 0.143 e. The van der Waals surface area contributed by atoms with Crippen molar-refractivity contribution in [3.8, 4) is 0 Å². The number of halogens is 2. The van der Waals surface area contributed by atoms with E-state index >= 15 is 0 Å². The van der Waals surface area contributed by atoms with E-state index in [1.807, 2.05) is 11.3 Å². The first-order valence-electron chi connectivity index (χ1n) is 6.09. The zero-order valence-electron chi connectivity index (χ0n) is 10.3. The molecule has 0 fully saturated rings. The fourth-order valence-electron chi connectivity index (χ4n) is 2.11. The van der Waals surface area contributed by atoms with Crippen molar-refractivity contribution >= 4 is 60.3 Å². The minimum Gasteiger partial charge on any atom is -0.143 e. The van der Waals surface area contributed by atoms with Gasteiger partial charge in [0.25, 0.3) is 0 Å². The summed E-state index contributed by atoms with van der Waals surface area (Å²) in [7, 11) is 0.